The van der Waals surface area contributed by atoms with E-state index in [-0.39, 0.29) is 0 Å². The molecule has 1 heterocycles. The Kier molecular flexibility index (Phi) is 2.65. The third kappa shape index (κ3) is 1.94. The van der Waals surface area contributed by atoms with Gasteiger partial charge in [-0.05, 0) is 40.1 Å². The molecule has 1 rings (SSSR count). The third-order valence-corrected chi connectivity index (χ3v) is 1.98. The lowest BCUT2D eigenvalue weighted by Crippen LogP contribution is -1.88. The molecule has 0 saturated heterocycles. The van der Waals surface area contributed by atoms with Gasteiger partial charge in [-0.1, -0.05) is 13.8 Å². The van der Waals surface area contributed by atoms with Crippen LogP contribution in [0, 0.1) is 3.57 Å². The van der Waals surface area contributed by atoms with Crippen LogP contribution >= 0.6 is 22.6 Å². The quantitative estimate of drug-likeness (QED) is 0.695. The van der Waals surface area contributed by atoms with Crippen LogP contribution in [0.1, 0.15) is 25.3 Å². The van der Waals surface area contributed by atoms with Gasteiger partial charge in [0.25, 0.3) is 0 Å². The van der Waals surface area contributed by atoms with Crippen molar-refractivity contribution in [2.24, 2.45) is 0 Å². The molecule has 0 spiro atoms. The third-order valence-electron chi connectivity index (χ3n) is 1.39. The van der Waals surface area contributed by atoms with E-state index in [1.54, 1.807) is 0 Å². The molecule has 1 aromatic rings. The van der Waals surface area contributed by atoms with E-state index in [1.807, 2.05) is 12.4 Å². The molecule has 1 nitrogen and oxygen atoms in total. The highest BCUT2D eigenvalue weighted by molar-refractivity contribution is 14.1. The van der Waals surface area contributed by atoms with Gasteiger partial charge in [-0.15, -0.1) is 0 Å². The van der Waals surface area contributed by atoms with Crippen molar-refractivity contribution >= 4 is 22.6 Å². The maximum absolute atomic E-state index is 4.10. The largest absolute Gasteiger partial charge is 0.263 e. The molecule has 0 aromatic carbocycles. The predicted octanol–water partition coefficient (Wildman–Crippen LogP) is 2.81. The summed E-state index contributed by atoms with van der Waals surface area (Å²) in [5.41, 5.74) is 1.31. The van der Waals surface area contributed by atoms with Crippen LogP contribution in [-0.4, -0.2) is 4.98 Å². The van der Waals surface area contributed by atoms with Crippen LogP contribution in [0.5, 0.6) is 0 Å². The highest BCUT2D eigenvalue weighted by Crippen LogP contribution is 2.14. The molecule has 0 aliphatic rings. The Morgan fingerprint density at radius 1 is 1.40 bits per heavy atom. The molecule has 10 heavy (non-hydrogen) atoms. The van der Waals surface area contributed by atoms with Gasteiger partial charge in [-0.2, -0.15) is 0 Å². The summed E-state index contributed by atoms with van der Waals surface area (Å²) < 4.78 is 1.21. The highest BCUT2D eigenvalue weighted by atomic mass is 127. The Morgan fingerprint density at radius 2 is 2.10 bits per heavy atom. The van der Waals surface area contributed by atoms with Crippen LogP contribution in [0.2, 0.25) is 0 Å². The van der Waals surface area contributed by atoms with Crippen molar-refractivity contribution in [1.29, 1.82) is 0 Å². The second kappa shape index (κ2) is 3.32. The number of hydrogen-bond donors (Lipinski definition) is 0. The van der Waals surface area contributed by atoms with Crippen molar-refractivity contribution in [3.8, 4) is 0 Å². The van der Waals surface area contributed by atoms with E-state index in [2.05, 4.69) is 47.5 Å². The van der Waals surface area contributed by atoms with Gasteiger partial charge in [-0.25, -0.2) is 0 Å². The van der Waals surface area contributed by atoms with E-state index in [4.69, 9.17) is 0 Å². The summed E-state index contributed by atoms with van der Waals surface area (Å²) in [6.45, 7) is 4.35. The average molecular weight is 247 g/mol. The van der Waals surface area contributed by atoms with Crippen molar-refractivity contribution in [1.82, 2.24) is 4.98 Å². The second-order valence-electron chi connectivity index (χ2n) is 2.59. The Balaban J connectivity index is 2.96. The molecular formula is C8H10IN. The first kappa shape index (κ1) is 7.98. The Bertz CT molecular complexity index is 220. The summed E-state index contributed by atoms with van der Waals surface area (Å²) in [5.74, 6) is 0.585. The van der Waals surface area contributed by atoms with Crippen molar-refractivity contribution in [3.63, 3.8) is 0 Å². The normalized spacial score (nSPS) is 10.4. The molecule has 0 N–H and O–H groups in total. The van der Waals surface area contributed by atoms with Crippen LogP contribution in [0.15, 0.2) is 18.5 Å². The number of aromatic nitrogens is 1. The molecule has 0 bridgehead atoms. The lowest BCUT2D eigenvalue weighted by molar-refractivity contribution is 0.856. The summed E-state index contributed by atoms with van der Waals surface area (Å²) in [6.07, 6.45) is 3.79. The minimum atomic E-state index is 0.585. The zero-order chi connectivity index (χ0) is 7.56. The number of nitrogens with zero attached hydrogens (tertiary/aromatic N) is 1. The zero-order valence-corrected chi connectivity index (χ0v) is 8.29. The number of halogens is 1. The lowest BCUT2D eigenvalue weighted by Gasteiger charge is -2.02. The SMILES string of the molecule is CC(C)c1cncc(I)c1. The second-order valence-corrected chi connectivity index (χ2v) is 3.84. The first-order valence-corrected chi connectivity index (χ1v) is 4.38. The minimum Gasteiger partial charge on any atom is -0.263 e. The summed E-state index contributed by atoms with van der Waals surface area (Å²) in [7, 11) is 0. The maximum atomic E-state index is 4.10. The van der Waals surface area contributed by atoms with Crippen LogP contribution in [0.4, 0.5) is 0 Å². The van der Waals surface area contributed by atoms with Crippen molar-refractivity contribution in [2.75, 3.05) is 0 Å². The van der Waals surface area contributed by atoms with Gasteiger partial charge in [0, 0.05) is 16.0 Å². The summed E-state index contributed by atoms with van der Waals surface area (Å²) in [6, 6.07) is 2.16. The molecule has 0 unspecified atom stereocenters. The van der Waals surface area contributed by atoms with Gasteiger partial charge >= 0.3 is 0 Å². The smallest absolute Gasteiger partial charge is 0.0401 e. The van der Waals surface area contributed by atoms with Crippen LogP contribution in [0.3, 0.4) is 0 Å². The molecule has 1 aromatic heterocycles. The summed E-state index contributed by atoms with van der Waals surface area (Å²) in [4.78, 5) is 4.10. The first-order chi connectivity index (χ1) is 4.70. The Morgan fingerprint density at radius 3 is 2.50 bits per heavy atom. The number of hydrogen-bond acceptors (Lipinski definition) is 1. The Labute approximate surface area is 75.0 Å². The van der Waals surface area contributed by atoms with Crippen molar-refractivity contribution in [3.05, 3.63) is 27.6 Å². The maximum Gasteiger partial charge on any atom is 0.0401 e. The highest BCUT2D eigenvalue weighted by Gasteiger charge is 1.97. The molecule has 2 heteroatoms. The van der Waals surface area contributed by atoms with E-state index in [1.165, 1.54) is 9.13 Å². The van der Waals surface area contributed by atoms with Gasteiger partial charge in [0.15, 0.2) is 0 Å². The summed E-state index contributed by atoms with van der Waals surface area (Å²) in [5, 5.41) is 0. The fourth-order valence-electron chi connectivity index (χ4n) is 0.744. The van der Waals surface area contributed by atoms with Gasteiger partial charge in [0.05, 0.1) is 0 Å². The van der Waals surface area contributed by atoms with Gasteiger partial charge in [-0.3, -0.25) is 4.98 Å². The van der Waals surface area contributed by atoms with Crippen LogP contribution in [-0.2, 0) is 0 Å². The molecule has 0 fully saturated rings. The number of rotatable bonds is 1. The van der Waals surface area contributed by atoms with Gasteiger partial charge in [0.1, 0.15) is 0 Å². The first-order valence-electron chi connectivity index (χ1n) is 3.30. The molecule has 54 valence electrons. The molecule has 0 saturated carbocycles. The van der Waals surface area contributed by atoms with Gasteiger partial charge < -0.3 is 0 Å². The zero-order valence-electron chi connectivity index (χ0n) is 6.13. The van der Waals surface area contributed by atoms with E-state index in [0.717, 1.165) is 0 Å². The van der Waals surface area contributed by atoms with E-state index in [0.29, 0.717) is 5.92 Å². The van der Waals surface area contributed by atoms with E-state index < -0.39 is 0 Å². The average Bonchev–Trinajstić information content (AvgIpc) is 1.88. The van der Waals surface area contributed by atoms with Crippen molar-refractivity contribution in [2.45, 2.75) is 19.8 Å². The van der Waals surface area contributed by atoms with Crippen LogP contribution < -0.4 is 0 Å². The molecule has 0 aliphatic heterocycles. The van der Waals surface area contributed by atoms with Gasteiger partial charge in [0.2, 0.25) is 0 Å². The lowest BCUT2D eigenvalue weighted by atomic mass is 10.1. The summed E-state index contributed by atoms with van der Waals surface area (Å²) >= 11 is 2.28. The molecule has 0 atom stereocenters. The standard InChI is InChI=1S/C8H10IN/c1-6(2)7-3-8(9)5-10-4-7/h3-6H,1-2H3. The topological polar surface area (TPSA) is 12.9 Å². The van der Waals surface area contributed by atoms with E-state index >= 15 is 0 Å². The van der Waals surface area contributed by atoms with Crippen LogP contribution in [0.25, 0.3) is 0 Å². The fraction of sp³-hybridized carbons (Fsp3) is 0.375. The number of pyridine rings is 1. The molecule has 0 aliphatic carbocycles. The Hall–Kier alpha value is -0.120. The predicted molar refractivity (Wildman–Crippen MR) is 51.0 cm³/mol. The monoisotopic (exact) mass is 247 g/mol. The van der Waals surface area contributed by atoms with Crippen molar-refractivity contribution < 1.29 is 0 Å². The molecule has 0 amide bonds. The minimum absolute atomic E-state index is 0.585. The fourth-order valence-corrected chi connectivity index (χ4v) is 1.26. The molecular weight excluding hydrogens is 237 g/mol. The molecule has 0 radical (unpaired) electrons. The van der Waals surface area contributed by atoms with E-state index in [9.17, 15) is 0 Å².